The number of hydrogen-bond donors (Lipinski definition) is 0. The van der Waals surface area contributed by atoms with E-state index in [4.69, 9.17) is 20.6 Å². The molecule has 3 aromatic rings. The molecule has 0 N–H and O–H groups in total. The Balaban J connectivity index is 1.71. The van der Waals surface area contributed by atoms with Crippen LogP contribution in [0.2, 0.25) is 0 Å². The number of fused-ring (bicyclic) bond motifs is 2. The van der Waals surface area contributed by atoms with E-state index in [0.717, 1.165) is 16.0 Å². The van der Waals surface area contributed by atoms with E-state index >= 15 is 0 Å². The van der Waals surface area contributed by atoms with E-state index < -0.39 is 12.0 Å². The molecule has 2 heterocycles. The highest BCUT2D eigenvalue weighted by molar-refractivity contribution is 7.16. The summed E-state index contributed by atoms with van der Waals surface area (Å²) in [6.45, 7) is 0.427. The minimum absolute atomic E-state index is 0.118. The lowest BCUT2D eigenvalue weighted by atomic mass is 10.2. The van der Waals surface area contributed by atoms with E-state index in [2.05, 4.69) is 10.9 Å². The zero-order chi connectivity index (χ0) is 18.8. The molecule has 6 nitrogen and oxygen atoms in total. The molecule has 0 aliphatic carbocycles. The van der Waals surface area contributed by atoms with Crippen LogP contribution in [-0.2, 0) is 11.3 Å². The highest BCUT2D eigenvalue weighted by Gasteiger charge is 2.27. The van der Waals surface area contributed by atoms with Gasteiger partial charge in [0.05, 0.1) is 23.9 Å². The fourth-order valence-electron chi connectivity index (χ4n) is 2.82. The fraction of sp³-hybridized carbons (Fsp3) is 0.200. The van der Waals surface area contributed by atoms with Crippen LogP contribution in [0.15, 0.2) is 47.5 Å². The van der Waals surface area contributed by atoms with Crippen LogP contribution in [0.25, 0.3) is 10.2 Å². The average molecular weight is 380 g/mol. The highest BCUT2D eigenvalue weighted by Crippen LogP contribution is 2.31. The topological polar surface area (TPSA) is 62.1 Å². The first-order chi connectivity index (χ1) is 13.2. The molecule has 1 atom stereocenters. The van der Waals surface area contributed by atoms with Gasteiger partial charge < -0.3 is 18.8 Å². The second-order valence-corrected chi connectivity index (χ2v) is 6.83. The molecular formula is C20H16N2O4S. The summed E-state index contributed by atoms with van der Waals surface area (Å²) in [4.78, 5) is 17.5. The van der Waals surface area contributed by atoms with Crippen molar-refractivity contribution in [1.29, 1.82) is 0 Å². The van der Waals surface area contributed by atoms with Gasteiger partial charge in [-0.05, 0) is 30.3 Å². The predicted octanol–water partition coefficient (Wildman–Crippen LogP) is 2.61. The van der Waals surface area contributed by atoms with Gasteiger partial charge in [0.2, 0.25) is 6.10 Å². The molecule has 0 bridgehead atoms. The number of aromatic nitrogens is 1. The van der Waals surface area contributed by atoms with Crippen LogP contribution in [0.5, 0.6) is 17.2 Å². The number of para-hydroxylation sites is 2. The van der Waals surface area contributed by atoms with Gasteiger partial charge in [0.1, 0.15) is 12.4 Å². The van der Waals surface area contributed by atoms with Gasteiger partial charge in [-0.2, -0.15) is 4.99 Å². The number of rotatable bonds is 3. The maximum Gasteiger partial charge on any atom is 0.292 e. The number of methoxy groups -OCH3 is 1. The quantitative estimate of drug-likeness (QED) is 0.656. The summed E-state index contributed by atoms with van der Waals surface area (Å²) < 4.78 is 19.4. The van der Waals surface area contributed by atoms with E-state index in [9.17, 15) is 4.79 Å². The third kappa shape index (κ3) is 3.27. The first-order valence-corrected chi connectivity index (χ1v) is 9.09. The monoisotopic (exact) mass is 380 g/mol. The van der Waals surface area contributed by atoms with Gasteiger partial charge in [0.25, 0.3) is 5.91 Å². The van der Waals surface area contributed by atoms with E-state index in [-0.39, 0.29) is 6.61 Å². The van der Waals surface area contributed by atoms with Crippen molar-refractivity contribution in [2.45, 2.75) is 12.6 Å². The Morgan fingerprint density at radius 1 is 1.37 bits per heavy atom. The van der Waals surface area contributed by atoms with E-state index in [1.165, 1.54) is 11.3 Å². The Labute approximate surface area is 159 Å². The zero-order valence-electron chi connectivity index (χ0n) is 14.5. The molecule has 136 valence electrons. The number of amides is 1. The van der Waals surface area contributed by atoms with Crippen molar-refractivity contribution in [3.8, 4) is 29.6 Å². The molecule has 7 heteroatoms. The molecular weight excluding hydrogens is 364 g/mol. The second-order valence-electron chi connectivity index (χ2n) is 5.82. The number of nitrogens with zero attached hydrogens (tertiary/aromatic N) is 2. The molecule has 1 aromatic heterocycles. The third-order valence-electron chi connectivity index (χ3n) is 4.13. The van der Waals surface area contributed by atoms with Crippen molar-refractivity contribution in [2.24, 2.45) is 4.99 Å². The summed E-state index contributed by atoms with van der Waals surface area (Å²) in [6.07, 6.45) is 4.71. The van der Waals surface area contributed by atoms with Crippen LogP contribution in [0.4, 0.5) is 0 Å². The van der Waals surface area contributed by atoms with Crippen molar-refractivity contribution in [2.75, 3.05) is 13.7 Å². The first-order valence-electron chi connectivity index (χ1n) is 8.27. The molecule has 0 saturated carbocycles. The standard InChI is InChI=1S/C20H16N2O4S/c1-3-10-22-14-9-8-13(24-2)11-18(14)27-20(22)21-19(23)17-12-25-15-6-4-5-7-16(15)26-17/h1,4-9,11,17H,10,12H2,2H3/t17-/m1/s1. The lowest BCUT2D eigenvalue weighted by Gasteiger charge is -2.23. The summed E-state index contributed by atoms with van der Waals surface area (Å²) in [5, 5.41) is 0. The Kier molecular flexibility index (Phi) is 4.57. The molecule has 0 fully saturated rings. The molecule has 1 aliphatic heterocycles. The van der Waals surface area contributed by atoms with Crippen molar-refractivity contribution in [1.82, 2.24) is 4.57 Å². The van der Waals surface area contributed by atoms with E-state index in [1.54, 1.807) is 19.2 Å². The number of terminal acetylenes is 1. The smallest absolute Gasteiger partial charge is 0.292 e. The maximum atomic E-state index is 12.7. The van der Waals surface area contributed by atoms with Crippen molar-refractivity contribution >= 4 is 27.5 Å². The molecule has 0 radical (unpaired) electrons. The van der Waals surface area contributed by atoms with Crippen molar-refractivity contribution in [3.05, 3.63) is 47.3 Å². The normalized spacial score (nSPS) is 16.1. The zero-order valence-corrected chi connectivity index (χ0v) is 15.4. The number of carbonyl (C=O) groups excluding carboxylic acids is 1. The number of thiazole rings is 1. The van der Waals surface area contributed by atoms with E-state index in [0.29, 0.717) is 22.8 Å². The van der Waals surface area contributed by atoms with Gasteiger partial charge in [-0.15, -0.1) is 6.42 Å². The highest BCUT2D eigenvalue weighted by atomic mass is 32.1. The molecule has 2 aromatic carbocycles. The van der Waals surface area contributed by atoms with Crippen LogP contribution in [0.1, 0.15) is 0 Å². The van der Waals surface area contributed by atoms with E-state index in [1.807, 2.05) is 34.9 Å². The first kappa shape index (κ1) is 17.2. The van der Waals surface area contributed by atoms with Gasteiger partial charge in [0, 0.05) is 0 Å². The van der Waals surface area contributed by atoms with Crippen LogP contribution >= 0.6 is 11.3 Å². The van der Waals surface area contributed by atoms with Crippen LogP contribution in [0, 0.1) is 12.3 Å². The van der Waals surface area contributed by atoms with Gasteiger partial charge in [-0.25, -0.2) is 0 Å². The lowest BCUT2D eigenvalue weighted by Crippen LogP contribution is -2.36. The summed E-state index contributed by atoms with van der Waals surface area (Å²) in [5.41, 5.74) is 0.899. The average Bonchev–Trinajstić information content (AvgIpc) is 3.04. The number of carbonyl (C=O) groups is 1. The number of ether oxygens (including phenoxy) is 3. The van der Waals surface area contributed by atoms with Crippen molar-refractivity contribution in [3.63, 3.8) is 0 Å². The maximum absolute atomic E-state index is 12.7. The number of benzene rings is 2. The number of hydrogen-bond acceptors (Lipinski definition) is 5. The summed E-state index contributed by atoms with van der Waals surface area (Å²) >= 11 is 1.37. The summed E-state index contributed by atoms with van der Waals surface area (Å²) in [6, 6.07) is 12.9. The Bertz CT molecular complexity index is 1120. The minimum Gasteiger partial charge on any atom is -0.497 e. The molecule has 0 spiro atoms. The second kappa shape index (κ2) is 7.17. The third-order valence-corrected chi connectivity index (χ3v) is 5.17. The fourth-order valence-corrected chi connectivity index (χ4v) is 3.88. The van der Waals surface area contributed by atoms with Crippen molar-refractivity contribution < 1.29 is 19.0 Å². The SMILES string of the molecule is C#CCn1c(=NC(=O)[C@H]2COc3ccccc3O2)sc2cc(OC)ccc21. The van der Waals surface area contributed by atoms with Crippen LogP contribution in [-0.4, -0.2) is 30.3 Å². The predicted molar refractivity (Wildman–Crippen MR) is 102 cm³/mol. The molecule has 1 amide bonds. The molecule has 4 rings (SSSR count). The minimum atomic E-state index is -0.793. The Morgan fingerprint density at radius 3 is 2.96 bits per heavy atom. The Hall–Kier alpha value is -3.24. The summed E-state index contributed by atoms with van der Waals surface area (Å²) in [5.74, 6) is 4.09. The Morgan fingerprint density at radius 2 is 2.19 bits per heavy atom. The molecule has 1 aliphatic rings. The van der Waals surface area contributed by atoms with Gasteiger partial charge in [-0.1, -0.05) is 29.4 Å². The summed E-state index contributed by atoms with van der Waals surface area (Å²) in [7, 11) is 1.61. The van der Waals surface area contributed by atoms with Gasteiger partial charge in [0.15, 0.2) is 16.3 Å². The van der Waals surface area contributed by atoms with Gasteiger partial charge in [-0.3, -0.25) is 4.79 Å². The van der Waals surface area contributed by atoms with Crippen LogP contribution in [0.3, 0.4) is 0 Å². The van der Waals surface area contributed by atoms with Crippen LogP contribution < -0.4 is 19.0 Å². The molecule has 0 saturated heterocycles. The van der Waals surface area contributed by atoms with Gasteiger partial charge >= 0.3 is 0 Å². The molecule has 0 unspecified atom stereocenters. The lowest BCUT2D eigenvalue weighted by molar-refractivity contribution is -0.127. The largest absolute Gasteiger partial charge is 0.497 e. The molecule has 27 heavy (non-hydrogen) atoms.